The fourth-order valence-corrected chi connectivity index (χ4v) is 2.51. The number of aromatic nitrogens is 2. The third-order valence-electron chi connectivity index (χ3n) is 3.94. The van der Waals surface area contributed by atoms with Crippen LogP contribution >= 0.6 is 0 Å². The molecular weight excluding hydrogens is 328 g/mol. The van der Waals surface area contributed by atoms with Crippen LogP contribution in [-0.2, 0) is 0 Å². The molecule has 0 spiro atoms. The number of nitrogens with one attached hydrogen (secondary N) is 2. The highest BCUT2D eigenvalue weighted by Gasteiger charge is 2.10. The van der Waals surface area contributed by atoms with Gasteiger partial charge in [0.05, 0.1) is 11.3 Å². The van der Waals surface area contributed by atoms with Gasteiger partial charge in [-0.25, -0.2) is 14.8 Å². The maximum Gasteiger partial charge on any atom is 0.337 e. The number of nitrogens with zero attached hydrogens (tertiary/aromatic N) is 2. The molecule has 3 N–H and O–H groups in total. The molecule has 3 aromatic rings. The van der Waals surface area contributed by atoms with Crippen molar-refractivity contribution in [1.82, 2.24) is 9.97 Å². The number of carbonyl (C=O) groups is 1. The highest BCUT2D eigenvalue weighted by molar-refractivity contribution is 5.95. The molecule has 0 amide bonds. The highest BCUT2D eigenvalue weighted by atomic mass is 16.4. The van der Waals surface area contributed by atoms with Crippen LogP contribution in [0.25, 0.3) is 0 Å². The van der Waals surface area contributed by atoms with Gasteiger partial charge < -0.3 is 15.7 Å². The second kappa shape index (κ2) is 7.65. The van der Waals surface area contributed by atoms with Crippen LogP contribution in [0.15, 0.2) is 60.9 Å². The highest BCUT2D eigenvalue weighted by Crippen LogP contribution is 2.23. The average Bonchev–Trinajstić information content (AvgIpc) is 2.63. The van der Waals surface area contributed by atoms with Gasteiger partial charge in [0, 0.05) is 11.8 Å². The van der Waals surface area contributed by atoms with E-state index >= 15 is 0 Å². The molecular formula is C20H20N4O2. The number of hydrogen-bond donors (Lipinski definition) is 3. The Balaban J connectivity index is 1.77. The largest absolute Gasteiger partial charge is 0.478 e. The Morgan fingerprint density at radius 2 is 1.62 bits per heavy atom. The van der Waals surface area contributed by atoms with E-state index in [1.165, 1.54) is 11.9 Å². The maximum absolute atomic E-state index is 11.3. The van der Waals surface area contributed by atoms with Crippen LogP contribution in [-0.4, -0.2) is 21.0 Å². The van der Waals surface area contributed by atoms with Crippen molar-refractivity contribution in [1.29, 1.82) is 0 Å². The van der Waals surface area contributed by atoms with Crippen LogP contribution in [0.2, 0.25) is 0 Å². The summed E-state index contributed by atoms with van der Waals surface area (Å²) in [6, 6.07) is 16.6. The SMILES string of the molecule is CC(C)c1ccc(Nc2cc(Nc3ccccc3C(=O)O)ncn2)cc1. The van der Waals surface area contributed by atoms with Crippen molar-refractivity contribution in [2.45, 2.75) is 19.8 Å². The minimum absolute atomic E-state index is 0.185. The molecule has 26 heavy (non-hydrogen) atoms. The number of anilines is 4. The summed E-state index contributed by atoms with van der Waals surface area (Å²) in [6.45, 7) is 4.31. The lowest BCUT2D eigenvalue weighted by molar-refractivity contribution is 0.0698. The van der Waals surface area contributed by atoms with E-state index in [-0.39, 0.29) is 5.56 Å². The predicted octanol–water partition coefficient (Wildman–Crippen LogP) is 4.79. The van der Waals surface area contributed by atoms with Gasteiger partial charge in [-0.2, -0.15) is 0 Å². The Labute approximate surface area is 152 Å². The van der Waals surface area contributed by atoms with E-state index in [0.29, 0.717) is 23.2 Å². The van der Waals surface area contributed by atoms with E-state index < -0.39 is 5.97 Å². The third kappa shape index (κ3) is 4.16. The van der Waals surface area contributed by atoms with Gasteiger partial charge in [0.15, 0.2) is 0 Å². The summed E-state index contributed by atoms with van der Waals surface area (Å²) in [7, 11) is 0. The van der Waals surface area contributed by atoms with Gasteiger partial charge in [0.2, 0.25) is 0 Å². The zero-order valence-corrected chi connectivity index (χ0v) is 14.6. The molecule has 0 aliphatic heterocycles. The fraction of sp³-hybridized carbons (Fsp3) is 0.150. The van der Waals surface area contributed by atoms with Crippen LogP contribution < -0.4 is 10.6 Å². The second-order valence-electron chi connectivity index (χ2n) is 6.17. The van der Waals surface area contributed by atoms with Gasteiger partial charge in [-0.1, -0.05) is 38.1 Å². The summed E-state index contributed by atoms with van der Waals surface area (Å²) in [6.07, 6.45) is 1.43. The predicted molar refractivity (Wildman–Crippen MR) is 103 cm³/mol. The van der Waals surface area contributed by atoms with Gasteiger partial charge in [0.25, 0.3) is 0 Å². The van der Waals surface area contributed by atoms with Gasteiger partial charge in [0.1, 0.15) is 18.0 Å². The number of carboxylic acids is 1. The number of carboxylic acid groups (broad SMARTS) is 1. The molecule has 0 fully saturated rings. The second-order valence-corrected chi connectivity index (χ2v) is 6.17. The first-order chi connectivity index (χ1) is 12.5. The summed E-state index contributed by atoms with van der Waals surface area (Å²) in [5, 5.41) is 15.5. The van der Waals surface area contributed by atoms with Crippen molar-refractivity contribution in [3.63, 3.8) is 0 Å². The van der Waals surface area contributed by atoms with Gasteiger partial charge in [-0.15, -0.1) is 0 Å². The summed E-state index contributed by atoms with van der Waals surface area (Å²) < 4.78 is 0. The molecule has 6 nitrogen and oxygen atoms in total. The summed E-state index contributed by atoms with van der Waals surface area (Å²) in [5.74, 6) is 0.613. The smallest absolute Gasteiger partial charge is 0.337 e. The van der Waals surface area contributed by atoms with Crippen molar-refractivity contribution in [3.05, 3.63) is 72.1 Å². The topological polar surface area (TPSA) is 87.1 Å². The van der Waals surface area contributed by atoms with Crippen molar-refractivity contribution in [2.75, 3.05) is 10.6 Å². The molecule has 1 aromatic heterocycles. The Bertz CT molecular complexity index is 908. The zero-order valence-electron chi connectivity index (χ0n) is 14.6. The first-order valence-corrected chi connectivity index (χ1v) is 8.31. The fourth-order valence-electron chi connectivity index (χ4n) is 2.51. The Morgan fingerprint density at radius 1 is 0.962 bits per heavy atom. The molecule has 0 aliphatic carbocycles. The molecule has 0 radical (unpaired) electrons. The first kappa shape index (κ1) is 17.4. The van der Waals surface area contributed by atoms with E-state index in [9.17, 15) is 9.90 Å². The minimum atomic E-state index is -0.995. The average molecular weight is 348 g/mol. The number of para-hydroxylation sites is 1. The van der Waals surface area contributed by atoms with Crippen LogP contribution in [0.3, 0.4) is 0 Å². The number of benzene rings is 2. The maximum atomic E-state index is 11.3. The molecule has 6 heteroatoms. The molecule has 0 saturated heterocycles. The van der Waals surface area contributed by atoms with E-state index in [1.54, 1.807) is 30.3 Å². The number of hydrogen-bond acceptors (Lipinski definition) is 5. The van der Waals surface area contributed by atoms with Gasteiger partial charge >= 0.3 is 5.97 Å². The Hall–Kier alpha value is -3.41. The Kier molecular flexibility index (Phi) is 5.12. The lowest BCUT2D eigenvalue weighted by Crippen LogP contribution is -2.04. The van der Waals surface area contributed by atoms with Gasteiger partial charge in [-0.3, -0.25) is 0 Å². The van der Waals surface area contributed by atoms with Crippen molar-refractivity contribution in [2.24, 2.45) is 0 Å². The molecule has 2 aromatic carbocycles. The van der Waals surface area contributed by atoms with E-state index in [1.807, 2.05) is 12.1 Å². The molecule has 0 bridgehead atoms. The standard InChI is InChI=1S/C20H20N4O2/c1-13(2)14-7-9-15(10-8-14)23-18-11-19(22-12-21-18)24-17-6-4-3-5-16(17)20(25)26/h3-13H,1-2H3,(H,25,26)(H2,21,22,23,24). The molecule has 0 unspecified atom stereocenters. The van der Waals surface area contributed by atoms with Crippen molar-refractivity contribution in [3.8, 4) is 0 Å². The first-order valence-electron chi connectivity index (χ1n) is 8.31. The van der Waals surface area contributed by atoms with Crippen LogP contribution in [0, 0.1) is 0 Å². The van der Waals surface area contributed by atoms with Crippen molar-refractivity contribution < 1.29 is 9.90 Å². The van der Waals surface area contributed by atoms with Crippen molar-refractivity contribution >= 4 is 29.0 Å². The van der Waals surface area contributed by atoms with E-state index in [0.717, 1.165) is 5.69 Å². The van der Waals surface area contributed by atoms with Crippen LogP contribution in [0.4, 0.5) is 23.0 Å². The number of rotatable bonds is 6. The molecule has 3 rings (SSSR count). The summed E-state index contributed by atoms with van der Waals surface area (Å²) in [5.41, 5.74) is 2.85. The summed E-state index contributed by atoms with van der Waals surface area (Å²) in [4.78, 5) is 19.7. The van der Waals surface area contributed by atoms with Gasteiger partial charge in [-0.05, 0) is 35.7 Å². The lowest BCUT2D eigenvalue weighted by Gasteiger charge is -2.11. The van der Waals surface area contributed by atoms with E-state index in [4.69, 9.17) is 0 Å². The van der Waals surface area contributed by atoms with Crippen LogP contribution in [0.5, 0.6) is 0 Å². The Morgan fingerprint density at radius 3 is 2.27 bits per heavy atom. The number of aromatic carboxylic acids is 1. The molecule has 0 atom stereocenters. The summed E-state index contributed by atoms with van der Waals surface area (Å²) >= 11 is 0. The third-order valence-corrected chi connectivity index (χ3v) is 3.94. The monoisotopic (exact) mass is 348 g/mol. The molecule has 1 heterocycles. The minimum Gasteiger partial charge on any atom is -0.478 e. The van der Waals surface area contributed by atoms with Crippen LogP contribution in [0.1, 0.15) is 35.7 Å². The van der Waals surface area contributed by atoms with E-state index in [2.05, 4.69) is 46.6 Å². The normalized spacial score (nSPS) is 10.6. The molecule has 0 saturated carbocycles. The zero-order chi connectivity index (χ0) is 18.5. The molecule has 132 valence electrons. The lowest BCUT2D eigenvalue weighted by atomic mass is 10.0. The molecule has 0 aliphatic rings. The quantitative estimate of drug-likeness (QED) is 0.594.